The van der Waals surface area contributed by atoms with Crippen LogP contribution in [-0.2, 0) is 24.2 Å². The largest absolute Gasteiger partial charge is 0.493 e. The van der Waals surface area contributed by atoms with Crippen molar-refractivity contribution < 1.29 is 19.0 Å². The van der Waals surface area contributed by atoms with Gasteiger partial charge in [-0.15, -0.1) is 0 Å². The molecule has 0 saturated heterocycles. The Kier molecular flexibility index (Phi) is 5.59. The first-order chi connectivity index (χ1) is 14.5. The minimum Gasteiger partial charge on any atom is -0.493 e. The molecule has 0 N–H and O–H groups in total. The SMILES string of the molecule is COC(=O)c1c(CN2CCc3cc(OC)c(OC)cc3C2)nc2ccccc2c1C. The van der Waals surface area contributed by atoms with Crippen LogP contribution in [-0.4, -0.2) is 43.7 Å². The number of pyridine rings is 1. The number of para-hydroxylation sites is 1. The van der Waals surface area contributed by atoms with Gasteiger partial charge in [0, 0.05) is 25.0 Å². The van der Waals surface area contributed by atoms with E-state index in [1.807, 2.05) is 37.3 Å². The molecule has 0 fully saturated rings. The molecule has 2 aromatic carbocycles. The van der Waals surface area contributed by atoms with Crippen LogP contribution in [0, 0.1) is 6.92 Å². The van der Waals surface area contributed by atoms with Crippen molar-refractivity contribution in [2.24, 2.45) is 0 Å². The fraction of sp³-hybridized carbons (Fsp3) is 0.333. The van der Waals surface area contributed by atoms with Crippen LogP contribution in [0.4, 0.5) is 0 Å². The summed E-state index contributed by atoms with van der Waals surface area (Å²) in [6, 6.07) is 12.0. The number of carbonyl (C=O) groups is 1. The van der Waals surface area contributed by atoms with Gasteiger partial charge in [0.2, 0.25) is 0 Å². The maximum absolute atomic E-state index is 12.6. The first kappa shape index (κ1) is 20.2. The van der Waals surface area contributed by atoms with Crippen LogP contribution in [0.5, 0.6) is 11.5 Å². The minimum atomic E-state index is -0.343. The smallest absolute Gasteiger partial charge is 0.340 e. The normalized spacial score (nSPS) is 13.7. The lowest BCUT2D eigenvalue weighted by Gasteiger charge is -2.30. The van der Waals surface area contributed by atoms with Crippen LogP contribution in [0.15, 0.2) is 36.4 Å². The molecule has 30 heavy (non-hydrogen) atoms. The Morgan fingerprint density at radius 3 is 2.47 bits per heavy atom. The maximum Gasteiger partial charge on any atom is 0.340 e. The molecule has 156 valence electrons. The summed E-state index contributed by atoms with van der Waals surface area (Å²) in [5, 5.41) is 0.975. The summed E-state index contributed by atoms with van der Waals surface area (Å²) in [6.07, 6.45) is 0.899. The lowest BCUT2D eigenvalue weighted by atomic mass is 9.97. The first-order valence-electron chi connectivity index (χ1n) is 9.98. The Bertz CT molecular complexity index is 1110. The van der Waals surface area contributed by atoms with E-state index in [9.17, 15) is 4.79 Å². The van der Waals surface area contributed by atoms with E-state index in [-0.39, 0.29) is 5.97 Å². The molecule has 0 bridgehead atoms. The monoisotopic (exact) mass is 406 g/mol. The number of rotatable bonds is 5. The second-order valence-corrected chi connectivity index (χ2v) is 7.50. The Balaban J connectivity index is 1.69. The van der Waals surface area contributed by atoms with Gasteiger partial charge >= 0.3 is 5.97 Å². The van der Waals surface area contributed by atoms with Crippen LogP contribution >= 0.6 is 0 Å². The van der Waals surface area contributed by atoms with Crippen LogP contribution in [0.25, 0.3) is 10.9 Å². The number of ether oxygens (including phenoxy) is 3. The number of nitrogens with zero attached hydrogens (tertiary/aromatic N) is 2. The third kappa shape index (κ3) is 3.59. The molecule has 0 aliphatic carbocycles. The van der Waals surface area contributed by atoms with E-state index in [0.29, 0.717) is 12.1 Å². The lowest BCUT2D eigenvalue weighted by molar-refractivity contribution is 0.0596. The van der Waals surface area contributed by atoms with E-state index in [1.54, 1.807) is 14.2 Å². The van der Waals surface area contributed by atoms with Gasteiger partial charge in [-0.1, -0.05) is 18.2 Å². The summed E-state index contributed by atoms with van der Waals surface area (Å²) >= 11 is 0. The van der Waals surface area contributed by atoms with Crippen molar-refractivity contribution in [2.45, 2.75) is 26.4 Å². The molecular weight excluding hydrogens is 380 g/mol. The van der Waals surface area contributed by atoms with Crippen molar-refractivity contribution in [2.75, 3.05) is 27.9 Å². The zero-order valence-corrected chi connectivity index (χ0v) is 17.8. The fourth-order valence-corrected chi connectivity index (χ4v) is 4.22. The van der Waals surface area contributed by atoms with Gasteiger partial charge in [0.1, 0.15) is 0 Å². The molecular formula is C24H26N2O4. The van der Waals surface area contributed by atoms with Crippen molar-refractivity contribution in [1.82, 2.24) is 9.88 Å². The molecule has 0 saturated carbocycles. The standard InChI is InChI=1S/C24H26N2O4/c1-15-18-7-5-6-8-19(18)25-20(23(15)24(27)30-4)14-26-10-9-16-11-21(28-2)22(29-3)12-17(16)13-26/h5-8,11-12H,9-10,13-14H2,1-4H3. The molecule has 0 unspecified atom stereocenters. The van der Waals surface area contributed by atoms with Crippen molar-refractivity contribution >= 4 is 16.9 Å². The number of hydrogen-bond acceptors (Lipinski definition) is 6. The second kappa shape index (κ2) is 8.32. The highest BCUT2D eigenvalue weighted by molar-refractivity contribution is 5.98. The van der Waals surface area contributed by atoms with Gasteiger partial charge in [0.05, 0.1) is 38.1 Å². The van der Waals surface area contributed by atoms with Gasteiger partial charge in [-0.05, 0) is 48.2 Å². The summed E-state index contributed by atoms with van der Waals surface area (Å²) in [5.41, 5.74) is 5.58. The predicted octanol–water partition coefficient (Wildman–Crippen LogP) is 3.91. The highest BCUT2D eigenvalue weighted by atomic mass is 16.5. The average molecular weight is 406 g/mol. The number of esters is 1. The first-order valence-corrected chi connectivity index (χ1v) is 9.98. The predicted molar refractivity (Wildman–Crippen MR) is 115 cm³/mol. The van der Waals surface area contributed by atoms with Crippen LogP contribution in [0.3, 0.4) is 0 Å². The van der Waals surface area contributed by atoms with Gasteiger partial charge in [0.15, 0.2) is 11.5 Å². The van der Waals surface area contributed by atoms with Gasteiger partial charge in [-0.3, -0.25) is 9.88 Å². The Hall–Kier alpha value is -3.12. The van der Waals surface area contributed by atoms with Crippen LogP contribution in [0.2, 0.25) is 0 Å². The molecule has 0 spiro atoms. The number of benzene rings is 2. The molecule has 6 nitrogen and oxygen atoms in total. The van der Waals surface area contributed by atoms with Gasteiger partial charge < -0.3 is 14.2 Å². The quantitative estimate of drug-likeness (QED) is 0.599. The number of aryl methyl sites for hydroxylation is 1. The molecule has 1 aliphatic heterocycles. The highest BCUT2D eigenvalue weighted by Crippen LogP contribution is 2.34. The van der Waals surface area contributed by atoms with E-state index < -0.39 is 0 Å². The number of methoxy groups -OCH3 is 3. The number of hydrogen-bond donors (Lipinski definition) is 0. The Morgan fingerprint density at radius 1 is 1.07 bits per heavy atom. The van der Waals surface area contributed by atoms with Gasteiger partial charge in [-0.25, -0.2) is 4.79 Å². The van der Waals surface area contributed by atoms with E-state index in [0.717, 1.165) is 53.2 Å². The molecule has 0 amide bonds. The third-order valence-corrected chi connectivity index (χ3v) is 5.79. The van der Waals surface area contributed by atoms with Crippen molar-refractivity contribution in [3.8, 4) is 11.5 Å². The van der Waals surface area contributed by atoms with Gasteiger partial charge in [-0.2, -0.15) is 0 Å². The fourth-order valence-electron chi connectivity index (χ4n) is 4.22. The highest BCUT2D eigenvalue weighted by Gasteiger charge is 2.24. The van der Waals surface area contributed by atoms with Crippen LogP contribution < -0.4 is 9.47 Å². The van der Waals surface area contributed by atoms with Crippen molar-refractivity contribution in [3.05, 3.63) is 64.3 Å². The second-order valence-electron chi connectivity index (χ2n) is 7.50. The molecule has 3 aromatic rings. The molecule has 1 aromatic heterocycles. The summed E-state index contributed by atoms with van der Waals surface area (Å²) in [6.45, 7) is 4.16. The Morgan fingerprint density at radius 2 is 1.77 bits per heavy atom. The summed E-state index contributed by atoms with van der Waals surface area (Å²) < 4.78 is 16.0. The molecule has 2 heterocycles. The average Bonchev–Trinajstić information content (AvgIpc) is 2.77. The Labute approximate surface area is 176 Å². The van der Waals surface area contributed by atoms with E-state index in [2.05, 4.69) is 11.0 Å². The number of fused-ring (bicyclic) bond motifs is 2. The molecule has 6 heteroatoms. The summed E-state index contributed by atoms with van der Waals surface area (Å²) in [4.78, 5) is 19.7. The zero-order chi connectivity index (χ0) is 21.3. The number of carbonyl (C=O) groups excluding carboxylic acids is 1. The zero-order valence-electron chi connectivity index (χ0n) is 17.8. The molecule has 1 aliphatic rings. The minimum absolute atomic E-state index is 0.343. The summed E-state index contributed by atoms with van der Waals surface area (Å²) in [7, 11) is 4.72. The molecule has 0 radical (unpaired) electrons. The topological polar surface area (TPSA) is 60.9 Å². The van der Waals surface area contributed by atoms with E-state index in [1.165, 1.54) is 18.2 Å². The van der Waals surface area contributed by atoms with Crippen molar-refractivity contribution in [3.63, 3.8) is 0 Å². The number of aromatic nitrogens is 1. The lowest BCUT2D eigenvalue weighted by Crippen LogP contribution is -2.31. The van der Waals surface area contributed by atoms with Gasteiger partial charge in [0.25, 0.3) is 0 Å². The third-order valence-electron chi connectivity index (χ3n) is 5.79. The van der Waals surface area contributed by atoms with Crippen molar-refractivity contribution in [1.29, 1.82) is 0 Å². The summed E-state index contributed by atoms with van der Waals surface area (Å²) in [5.74, 6) is 1.14. The van der Waals surface area contributed by atoms with Crippen LogP contribution in [0.1, 0.15) is 32.7 Å². The van der Waals surface area contributed by atoms with E-state index in [4.69, 9.17) is 19.2 Å². The van der Waals surface area contributed by atoms with E-state index >= 15 is 0 Å². The maximum atomic E-state index is 12.6. The molecule has 4 rings (SSSR count). The molecule has 0 atom stereocenters.